The number of alkyl halides is 3. The van der Waals surface area contributed by atoms with Crippen LogP contribution >= 0.6 is 23.4 Å². The summed E-state index contributed by atoms with van der Waals surface area (Å²) in [6.45, 7) is 0.0678. The third kappa shape index (κ3) is 5.08. The Balaban J connectivity index is 2.53. The number of amides is 1. The Labute approximate surface area is 162 Å². The van der Waals surface area contributed by atoms with E-state index in [1.54, 1.807) is 12.4 Å². The van der Waals surface area contributed by atoms with E-state index < -0.39 is 17.8 Å². The van der Waals surface area contributed by atoms with Gasteiger partial charge in [0.05, 0.1) is 16.3 Å². The molecule has 0 aliphatic carbocycles. The number of amidine groups is 1. The summed E-state index contributed by atoms with van der Waals surface area (Å²) >= 11 is 7.21. The van der Waals surface area contributed by atoms with Crippen LogP contribution in [0.3, 0.4) is 0 Å². The lowest BCUT2D eigenvalue weighted by Crippen LogP contribution is -2.33. The minimum Gasteiger partial charge on any atom is -0.465 e. The molecule has 11 heteroatoms. The van der Waals surface area contributed by atoms with Gasteiger partial charge in [0.15, 0.2) is 11.4 Å². The Hall–Kier alpha value is -2.38. The van der Waals surface area contributed by atoms with Gasteiger partial charge in [-0.15, -0.1) is 0 Å². The predicted molar refractivity (Wildman–Crippen MR) is 98.0 cm³/mol. The molecule has 6 nitrogen and oxygen atoms in total. The van der Waals surface area contributed by atoms with E-state index in [1.165, 1.54) is 12.1 Å². The van der Waals surface area contributed by atoms with Gasteiger partial charge in [0.1, 0.15) is 0 Å². The van der Waals surface area contributed by atoms with Gasteiger partial charge >= 0.3 is 12.3 Å². The molecule has 144 valence electrons. The van der Waals surface area contributed by atoms with Gasteiger partial charge in [-0.25, -0.2) is 9.79 Å². The van der Waals surface area contributed by atoms with Gasteiger partial charge in [0.2, 0.25) is 0 Å². The zero-order valence-electron chi connectivity index (χ0n) is 14.0. The molecule has 0 radical (unpaired) electrons. The predicted octanol–water partition coefficient (Wildman–Crippen LogP) is 4.55. The molecule has 1 aromatic rings. The first-order chi connectivity index (χ1) is 12.7. The second kappa shape index (κ2) is 8.54. The first kappa shape index (κ1) is 20.9. The topological polar surface area (TPSA) is 88.7 Å². The molecule has 2 N–H and O–H groups in total. The standard InChI is InChI=1S/C16H14ClF3N4O2S/c1-27-14(22-8-21)23-10-6-11(16(18,19)20)13(12(17)7-10)9-2-4-24(5-3-9)15(25)26/h2,6-7H,3-5H2,1H3,(H,22,23)(H,25,26). The van der Waals surface area contributed by atoms with Crippen molar-refractivity contribution < 1.29 is 23.1 Å². The maximum Gasteiger partial charge on any atom is 0.417 e. The van der Waals surface area contributed by atoms with Crippen LogP contribution < -0.4 is 5.32 Å². The van der Waals surface area contributed by atoms with Crippen molar-refractivity contribution >= 4 is 45.9 Å². The van der Waals surface area contributed by atoms with Crippen LogP contribution in [0.5, 0.6) is 0 Å². The maximum absolute atomic E-state index is 13.6. The molecule has 0 unspecified atom stereocenters. The van der Waals surface area contributed by atoms with Crippen molar-refractivity contribution in [1.82, 2.24) is 10.2 Å². The number of benzene rings is 1. The molecule has 1 aliphatic rings. The number of aliphatic imine (C=N–C) groups is 1. The van der Waals surface area contributed by atoms with Crippen LogP contribution in [-0.2, 0) is 6.18 Å². The van der Waals surface area contributed by atoms with Crippen LogP contribution in [0.25, 0.3) is 5.57 Å². The van der Waals surface area contributed by atoms with Gasteiger partial charge in [-0.1, -0.05) is 29.4 Å². The lowest BCUT2D eigenvalue weighted by Gasteiger charge is -2.26. The molecule has 0 bridgehead atoms. The first-order valence-electron chi connectivity index (χ1n) is 7.53. The number of nitrogens with one attached hydrogen (secondary N) is 1. The number of thioether (sulfide) groups is 1. The van der Waals surface area contributed by atoms with Crippen molar-refractivity contribution in [2.45, 2.75) is 12.6 Å². The Morgan fingerprint density at radius 3 is 2.67 bits per heavy atom. The summed E-state index contributed by atoms with van der Waals surface area (Å²) in [6, 6.07) is 2.15. The van der Waals surface area contributed by atoms with Gasteiger partial charge in [-0.2, -0.15) is 18.4 Å². The molecule has 0 atom stereocenters. The SMILES string of the molecule is CSC(=Nc1cc(Cl)c(C2=CCN(C(=O)O)CC2)c(C(F)(F)F)c1)NC#N. The summed E-state index contributed by atoms with van der Waals surface area (Å²) in [5.41, 5.74) is -0.847. The average molecular weight is 419 g/mol. The molecule has 0 saturated carbocycles. The number of hydrogen-bond donors (Lipinski definition) is 2. The highest BCUT2D eigenvalue weighted by Crippen LogP contribution is 2.42. The summed E-state index contributed by atoms with van der Waals surface area (Å²) in [6.07, 6.45) is -0.997. The van der Waals surface area contributed by atoms with Gasteiger partial charge in [0, 0.05) is 18.7 Å². The molecule has 0 spiro atoms. The van der Waals surface area contributed by atoms with Crippen molar-refractivity contribution in [3.05, 3.63) is 34.4 Å². The van der Waals surface area contributed by atoms with Crippen LogP contribution in [0.15, 0.2) is 23.2 Å². The molecule has 1 aromatic carbocycles. The number of carbonyl (C=O) groups is 1. The molecule has 1 amide bonds. The Morgan fingerprint density at radius 2 is 2.19 bits per heavy atom. The molecule has 0 aromatic heterocycles. The van der Waals surface area contributed by atoms with Crippen molar-refractivity contribution in [2.75, 3.05) is 19.3 Å². The number of nitriles is 1. The molecule has 0 saturated heterocycles. The van der Waals surface area contributed by atoms with Crippen LogP contribution in [-0.4, -0.2) is 40.6 Å². The fourth-order valence-electron chi connectivity index (χ4n) is 2.57. The fourth-order valence-corrected chi connectivity index (χ4v) is 3.25. The third-order valence-corrected chi connectivity index (χ3v) is 4.65. The molecular weight excluding hydrogens is 405 g/mol. The van der Waals surface area contributed by atoms with E-state index in [0.29, 0.717) is 5.57 Å². The van der Waals surface area contributed by atoms with E-state index in [0.717, 1.165) is 22.7 Å². The Kier molecular flexibility index (Phi) is 6.62. The number of hydrogen-bond acceptors (Lipinski definition) is 4. The van der Waals surface area contributed by atoms with E-state index >= 15 is 0 Å². The van der Waals surface area contributed by atoms with Crippen LogP contribution in [0.2, 0.25) is 5.02 Å². The Bertz CT molecular complexity index is 849. The number of rotatable bonds is 2. The van der Waals surface area contributed by atoms with Gasteiger partial charge in [-0.3, -0.25) is 5.32 Å². The average Bonchev–Trinajstić information content (AvgIpc) is 2.60. The van der Waals surface area contributed by atoms with E-state index in [-0.39, 0.29) is 41.0 Å². The number of nitrogens with zero attached hydrogens (tertiary/aromatic N) is 3. The summed E-state index contributed by atoms with van der Waals surface area (Å²) in [7, 11) is 0. The smallest absolute Gasteiger partial charge is 0.417 e. The monoisotopic (exact) mass is 418 g/mol. The van der Waals surface area contributed by atoms with Gasteiger partial charge in [0.25, 0.3) is 0 Å². The molecule has 0 fully saturated rings. The van der Waals surface area contributed by atoms with E-state index in [9.17, 15) is 18.0 Å². The van der Waals surface area contributed by atoms with Gasteiger partial charge in [-0.05, 0) is 30.4 Å². The molecular formula is C16H14ClF3N4O2S. The van der Waals surface area contributed by atoms with Crippen LogP contribution in [0.1, 0.15) is 17.5 Å². The molecule has 1 aliphatic heterocycles. The maximum atomic E-state index is 13.6. The number of carboxylic acid groups (broad SMARTS) is 1. The summed E-state index contributed by atoms with van der Waals surface area (Å²) in [5, 5.41) is 19.9. The zero-order valence-corrected chi connectivity index (χ0v) is 15.5. The highest BCUT2D eigenvalue weighted by Gasteiger charge is 2.36. The van der Waals surface area contributed by atoms with E-state index in [2.05, 4.69) is 10.3 Å². The van der Waals surface area contributed by atoms with Crippen molar-refractivity contribution in [3.8, 4) is 6.19 Å². The molecule has 1 heterocycles. The van der Waals surface area contributed by atoms with Crippen LogP contribution in [0.4, 0.5) is 23.7 Å². The minimum absolute atomic E-state index is 0.0130. The Morgan fingerprint density at radius 1 is 1.48 bits per heavy atom. The largest absolute Gasteiger partial charge is 0.465 e. The van der Waals surface area contributed by atoms with Crippen molar-refractivity contribution in [3.63, 3.8) is 0 Å². The highest BCUT2D eigenvalue weighted by atomic mass is 35.5. The quantitative estimate of drug-likeness (QED) is 0.318. The van der Waals surface area contributed by atoms with Crippen molar-refractivity contribution in [1.29, 1.82) is 5.26 Å². The first-order valence-corrected chi connectivity index (χ1v) is 9.13. The van der Waals surface area contributed by atoms with E-state index in [1.807, 2.05) is 0 Å². The summed E-state index contributed by atoms with van der Waals surface area (Å²) < 4.78 is 40.9. The second-order valence-corrected chi connectivity index (χ2v) is 6.62. The lowest BCUT2D eigenvalue weighted by atomic mass is 9.94. The molecule has 27 heavy (non-hydrogen) atoms. The van der Waals surface area contributed by atoms with E-state index in [4.69, 9.17) is 22.0 Å². The third-order valence-electron chi connectivity index (χ3n) is 3.77. The van der Waals surface area contributed by atoms with Gasteiger partial charge < -0.3 is 10.0 Å². The molecule has 2 rings (SSSR count). The highest BCUT2D eigenvalue weighted by molar-refractivity contribution is 8.13. The van der Waals surface area contributed by atoms with Crippen molar-refractivity contribution in [2.24, 2.45) is 4.99 Å². The fraction of sp³-hybridized carbons (Fsp3) is 0.312. The lowest BCUT2D eigenvalue weighted by molar-refractivity contribution is -0.137. The minimum atomic E-state index is -4.68. The van der Waals surface area contributed by atoms with Crippen LogP contribution in [0, 0.1) is 11.5 Å². The number of halogens is 4. The summed E-state index contributed by atoms with van der Waals surface area (Å²) in [4.78, 5) is 16.0. The summed E-state index contributed by atoms with van der Waals surface area (Å²) in [5.74, 6) is 0. The second-order valence-electron chi connectivity index (χ2n) is 5.41. The zero-order chi connectivity index (χ0) is 20.2. The normalized spacial score (nSPS) is 15.2.